The van der Waals surface area contributed by atoms with Gasteiger partial charge in [-0.3, -0.25) is 0 Å². The maximum atomic E-state index is 8.07. The normalized spacial score (nSPS) is 8.00. The van der Waals surface area contributed by atoms with E-state index in [0.29, 0.717) is 26.4 Å². The molecule has 21 heavy (non-hydrogen) atoms. The van der Waals surface area contributed by atoms with Crippen LogP contribution >= 0.6 is 0 Å². The van der Waals surface area contributed by atoms with E-state index in [1.807, 2.05) is 0 Å². The van der Waals surface area contributed by atoms with Crippen molar-refractivity contribution in [2.75, 3.05) is 26.4 Å². The van der Waals surface area contributed by atoms with Crippen molar-refractivity contribution < 1.29 is 39.9 Å². The van der Waals surface area contributed by atoms with E-state index in [-0.39, 0.29) is 19.5 Å². The third kappa shape index (κ3) is 97.4. The summed E-state index contributed by atoms with van der Waals surface area (Å²) < 4.78 is 0. The molecule has 0 saturated heterocycles. The molecule has 0 aromatic heterocycles. The number of aliphatic hydroxyl groups excluding tert-OH is 4. The van der Waals surface area contributed by atoms with Crippen LogP contribution in [0.3, 0.4) is 0 Å². The summed E-state index contributed by atoms with van der Waals surface area (Å²) in [7, 11) is 0. The van der Waals surface area contributed by atoms with Gasteiger partial charge >= 0.3 is 0 Å². The molecule has 0 atom stereocenters. The molecule has 4 nitrogen and oxygen atoms in total. The Morgan fingerprint density at radius 1 is 0.429 bits per heavy atom. The molecule has 0 aromatic carbocycles. The van der Waals surface area contributed by atoms with Crippen LogP contribution in [0.25, 0.3) is 0 Å². The van der Waals surface area contributed by atoms with E-state index in [0.717, 1.165) is 51.4 Å². The molecule has 0 aromatic rings. The Kier molecular flexibility index (Phi) is 78.8. The summed E-state index contributed by atoms with van der Waals surface area (Å²) in [5.74, 6) is 0. The molecule has 4 N–H and O–H groups in total. The number of unbranched alkanes of at least 4 members (excludes halogenated alkanes) is 4. The van der Waals surface area contributed by atoms with Crippen molar-refractivity contribution in [2.24, 2.45) is 0 Å². The summed E-state index contributed by atoms with van der Waals surface area (Å²) in [6.45, 7) is 9.58. The molecule has 0 rings (SSSR count). The Bertz CT molecular complexity index is 74.3. The average molecular weight is 362 g/mol. The Morgan fingerprint density at radius 3 is 0.571 bits per heavy atom. The van der Waals surface area contributed by atoms with Crippen molar-refractivity contribution in [1.29, 1.82) is 0 Å². The van der Waals surface area contributed by atoms with Gasteiger partial charge in [-0.15, -0.1) is 0 Å². The zero-order valence-electron chi connectivity index (χ0n) is 15.0. The van der Waals surface area contributed by atoms with Gasteiger partial charge in [0, 0.05) is 45.9 Å². The second kappa shape index (κ2) is 49.9. The van der Waals surface area contributed by atoms with Gasteiger partial charge in [-0.05, 0) is 25.7 Å². The molecule has 0 aliphatic carbocycles. The van der Waals surface area contributed by atoms with Gasteiger partial charge in [0.15, 0.2) is 0 Å². The molecule has 0 heterocycles. The van der Waals surface area contributed by atoms with E-state index in [4.69, 9.17) is 20.4 Å². The maximum Gasteiger partial charge on any atom is 0.0430 e. The minimum Gasteiger partial charge on any atom is -0.396 e. The Balaban J connectivity index is -0.0000000533. The van der Waals surface area contributed by atoms with Gasteiger partial charge in [0.25, 0.3) is 0 Å². The van der Waals surface area contributed by atoms with E-state index in [2.05, 4.69) is 27.7 Å². The third-order valence-electron chi connectivity index (χ3n) is 2.05. The summed E-state index contributed by atoms with van der Waals surface area (Å²) in [5, 5.41) is 32.3. The fourth-order valence-electron chi connectivity index (χ4n) is 0.632. The zero-order valence-corrected chi connectivity index (χ0v) is 17.9. The standard InChI is InChI=1S/4C4H10O.Zn/c4*1-2-3-4-5;/h4*5H,2-4H2,1H3;. The van der Waals surface area contributed by atoms with Crippen LogP contribution in [0, 0.1) is 0 Å². The molecule has 5 heteroatoms. The number of rotatable bonds is 8. The molecule has 0 spiro atoms. The van der Waals surface area contributed by atoms with Crippen molar-refractivity contribution in [3.8, 4) is 0 Å². The predicted octanol–water partition coefficient (Wildman–Crippen LogP) is 3.11. The van der Waals surface area contributed by atoms with E-state index in [9.17, 15) is 0 Å². The zero-order chi connectivity index (χ0) is 16.5. The van der Waals surface area contributed by atoms with Crippen molar-refractivity contribution in [2.45, 2.75) is 79.1 Å². The van der Waals surface area contributed by atoms with Gasteiger partial charge < -0.3 is 20.4 Å². The summed E-state index contributed by atoms with van der Waals surface area (Å²) in [4.78, 5) is 0. The van der Waals surface area contributed by atoms with E-state index in [1.54, 1.807) is 0 Å². The van der Waals surface area contributed by atoms with Crippen LogP contribution in [0.2, 0.25) is 0 Å². The van der Waals surface area contributed by atoms with E-state index in [1.165, 1.54) is 0 Å². The van der Waals surface area contributed by atoms with Crippen molar-refractivity contribution in [3.05, 3.63) is 0 Å². The summed E-state index contributed by atoms with van der Waals surface area (Å²) in [6.07, 6.45) is 8.15. The van der Waals surface area contributed by atoms with Crippen LogP contribution in [0.5, 0.6) is 0 Å². The van der Waals surface area contributed by atoms with Crippen LogP contribution in [0.15, 0.2) is 0 Å². The predicted molar refractivity (Wildman–Crippen MR) is 88.0 cm³/mol. The molecule has 130 valence electrons. The molecule has 0 amide bonds. The van der Waals surface area contributed by atoms with Gasteiger partial charge in [-0.1, -0.05) is 53.4 Å². The first-order valence-corrected chi connectivity index (χ1v) is 8.09. The second-order valence-corrected chi connectivity index (χ2v) is 4.31. The third-order valence-corrected chi connectivity index (χ3v) is 2.05. The van der Waals surface area contributed by atoms with Gasteiger partial charge in [-0.25, -0.2) is 0 Å². The van der Waals surface area contributed by atoms with Gasteiger partial charge in [0.1, 0.15) is 0 Å². The first-order chi connectivity index (χ1) is 9.66. The van der Waals surface area contributed by atoms with Crippen LogP contribution in [-0.4, -0.2) is 46.9 Å². The SMILES string of the molecule is CCCCO.CCCCO.CCCCO.CCCCO.[Zn]. The van der Waals surface area contributed by atoms with Gasteiger partial charge in [0.2, 0.25) is 0 Å². The van der Waals surface area contributed by atoms with Gasteiger partial charge in [-0.2, -0.15) is 0 Å². The van der Waals surface area contributed by atoms with Crippen LogP contribution < -0.4 is 0 Å². The van der Waals surface area contributed by atoms with Crippen molar-refractivity contribution >= 4 is 0 Å². The molecular weight excluding hydrogens is 322 g/mol. The smallest absolute Gasteiger partial charge is 0.0430 e. The molecule has 0 bridgehead atoms. The quantitative estimate of drug-likeness (QED) is 0.501. The summed E-state index contributed by atoms with van der Waals surface area (Å²) in [5.41, 5.74) is 0. The van der Waals surface area contributed by atoms with E-state index < -0.39 is 0 Å². The fourth-order valence-corrected chi connectivity index (χ4v) is 0.632. The first kappa shape index (κ1) is 33.2. The van der Waals surface area contributed by atoms with Gasteiger partial charge in [0.05, 0.1) is 0 Å². The van der Waals surface area contributed by atoms with Crippen molar-refractivity contribution in [3.63, 3.8) is 0 Å². The molecule has 0 aliphatic rings. The number of hydrogen-bond donors (Lipinski definition) is 4. The largest absolute Gasteiger partial charge is 0.396 e. The van der Waals surface area contributed by atoms with E-state index >= 15 is 0 Å². The van der Waals surface area contributed by atoms with Crippen LogP contribution in [0.4, 0.5) is 0 Å². The molecule has 0 aliphatic heterocycles. The molecular formula is C16H40O4Zn. The first-order valence-electron chi connectivity index (χ1n) is 8.09. The van der Waals surface area contributed by atoms with Crippen molar-refractivity contribution in [1.82, 2.24) is 0 Å². The Hall–Kier alpha value is 0.463. The number of hydrogen-bond acceptors (Lipinski definition) is 4. The molecule has 0 radical (unpaired) electrons. The molecule has 0 saturated carbocycles. The minimum atomic E-state index is 0. The fraction of sp³-hybridized carbons (Fsp3) is 1.00. The molecule has 0 fully saturated rings. The average Bonchev–Trinajstić information content (AvgIpc) is 2.44. The second-order valence-electron chi connectivity index (χ2n) is 4.31. The maximum absolute atomic E-state index is 8.07. The monoisotopic (exact) mass is 360 g/mol. The number of aliphatic hydroxyl groups is 4. The Morgan fingerprint density at radius 2 is 0.571 bits per heavy atom. The van der Waals surface area contributed by atoms with Crippen LogP contribution in [0.1, 0.15) is 79.1 Å². The van der Waals surface area contributed by atoms with Crippen LogP contribution in [-0.2, 0) is 19.5 Å². The minimum absolute atomic E-state index is 0. The summed E-state index contributed by atoms with van der Waals surface area (Å²) >= 11 is 0. The topological polar surface area (TPSA) is 80.9 Å². The summed E-state index contributed by atoms with van der Waals surface area (Å²) in [6, 6.07) is 0. The Labute approximate surface area is 145 Å². The molecule has 0 unspecified atom stereocenters.